The van der Waals surface area contributed by atoms with Gasteiger partial charge in [0.15, 0.2) is 0 Å². The lowest BCUT2D eigenvalue weighted by molar-refractivity contribution is 0.137. The number of aliphatic hydroxyl groups is 1. The predicted octanol–water partition coefficient (Wildman–Crippen LogP) is 3.13. The number of H-pyrrole nitrogens is 1. The van der Waals surface area contributed by atoms with Crippen molar-refractivity contribution in [3.8, 4) is 0 Å². The summed E-state index contributed by atoms with van der Waals surface area (Å²) in [5, 5.41) is 16.2. The molecule has 2 heterocycles. The maximum atomic E-state index is 9.31. The first-order valence-electron chi connectivity index (χ1n) is 9.55. The molecule has 0 aliphatic carbocycles. The average molecular weight is 510 g/mol. The highest BCUT2D eigenvalue weighted by Gasteiger charge is 2.32. The van der Waals surface area contributed by atoms with Gasteiger partial charge in [0.1, 0.15) is 0 Å². The maximum absolute atomic E-state index is 9.31. The van der Waals surface area contributed by atoms with E-state index >= 15 is 0 Å². The summed E-state index contributed by atoms with van der Waals surface area (Å²) >= 11 is 3.49. The number of rotatable bonds is 8. The van der Waals surface area contributed by atoms with E-state index in [4.69, 9.17) is 5.73 Å². The van der Waals surface area contributed by atoms with E-state index in [1.165, 1.54) is 5.56 Å². The van der Waals surface area contributed by atoms with Gasteiger partial charge in [0.05, 0.1) is 0 Å². The zero-order chi connectivity index (χ0) is 19.2. The van der Waals surface area contributed by atoms with Gasteiger partial charge in [-0.3, -0.25) is 0 Å². The molecular weight excluding hydrogens is 479 g/mol. The van der Waals surface area contributed by atoms with Gasteiger partial charge < -0.3 is 20.6 Å². The number of nitrogens with one attached hydrogen (secondary N) is 1. The van der Waals surface area contributed by atoms with Crippen molar-refractivity contribution in [2.24, 2.45) is 5.92 Å². The Bertz CT molecular complexity index is 717. The minimum atomic E-state index is 0. The van der Waals surface area contributed by atoms with Crippen molar-refractivity contribution in [2.75, 3.05) is 43.9 Å². The van der Waals surface area contributed by atoms with Gasteiger partial charge in [0.2, 0.25) is 11.9 Å². The van der Waals surface area contributed by atoms with Crippen molar-refractivity contribution in [3.63, 3.8) is 0 Å². The van der Waals surface area contributed by atoms with Gasteiger partial charge in [-0.2, -0.15) is 4.98 Å². The molecule has 1 aromatic heterocycles. The van der Waals surface area contributed by atoms with Crippen LogP contribution < -0.4 is 10.6 Å². The molecule has 1 saturated heterocycles. The third-order valence-corrected chi connectivity index (χ3v) is 5.98. The summed E-state index contributed by atoms with van der Waals surface area (Å²) in [6.45, 7) is 3.09. The number of anilines is 2. The van der Waals surface area contributed by atoms with Gasteiger partial charge >= 0.3 is 0 Å². The van der Waals surface area contributed by atoms with Gasteiger partial charge in [-0.25, -0.2) is 5.10 Å². The second-order valence-electron chi connectivity index (χ2n) is 7.30. The molecular formula is C19H31BrCl2N6O. The van der Waals surface area contributed by atoms with Crippen LogP contribution >= 0.6 is 40.7 Å². The Hall–Kier alpha value is -1.06. The number of nitrogen functional groups attached to an aromatic ring is 1. The molecule has 2 aromatic rings. The summed E-state index contributed by atoms with van der Waals surface area (Å²) in [7, 11) is 2.22. The van der Waals surface area contributed by atoms with Crippen LogP contribution in [-0.4, -0.2) is 64.5 Å². The number of halogens is 3. The fourth-order valence-electron chi connectivity index (χ4n) is 3.96. The molecule has 0 radical (unpaired) electrons. The molecule has 2 atom stereocenters. The van der Waals surface area contributed by atoms with Crippen molar-refractivity contribution in [1.29, 1.82) is 0 Å². The summed E-state index contributed by atoms with van der Waals surface area (Å²) < 4.78 is 1.11. The second kappa shape index (κ2) is 12.6. The number of hydrogen-bond donors (Lipinski definition) is 3. The Morgan fingerprint density at radius 1 is 1.31 bits per heavy atom. The number of aliphatic hydroxyl groups excluding tert-OH is 1. The number of piperidine rings is 1. The monoisotopic (exact) mass is 508 g/mol. The summed E-state index contributed by atoms with van der Waals surface area (Å²) in [6.07, 6.45) is 3.93. The standard InChI is InChI=1S/C19H29BrN6O.2ClH/c1-25(10-8-14-4-6-16(20)7-5-14)17-9-11-26(13-15(17)3-2-12-27)19-22-18(21)23-24-19;;/h4-7,15,17,27H,2-3,8-13H2,1H3,(H3,21,22,23,24);2*1H. The van der Waals surface area contributed by atoms with Crippen LogP contribution in [0.5, 0.6) is 0 Å². The van der Waals surface area contributed by atoms with Crippen LogP contribution in [0.15, 0.2) is 28.7 Å². The molecule has 1 aromatic carbocycles. The number of hydrogen-bond acceptors (Lipinski definition) is 6. The Balaban J connectivity index is 0.00000210. The zero-order valence-corrected chi connectivity index (χ0v) is 19.8. The number of benzene rings is 1. The average Bonchev–Trinajstić information content (AvgIpc) is 3.12. The minimum absolute atomic E-state index is 0. The van der Waals surface area contributed by atoms with E-state index in [-0.39, 0.29) is 37.4 Å². The summed E-state index contributed by atoms with van der Waals surface area (Å²) in [4.78, 5) is 8.98. The van der Waals surface area contributed by atoms with Gasteiger partial charge in [-0.05, 0) is 56.3 Å². The summed E-state index contributed by atoms with van der Waals surface area (Å²) in [6, 6.07) is 9.06. The van der Waals surface area contributed by atoms with Gasteiger partial charge in [0, 0.05) is 36.8 Å². The quantitative estimate of drug-likeness (QED) is 0.506. The molecule has 7 nitrogen and oxygen atoms in total. The predicted molar refractivity (Wildman–Crippen MR) is 126 cm³/mol. The summed E-state index contributed by atoms with van der Waals surface area (Å²) in [5.74, 6) is 1.51. The summed E-state index contributed by atoms with van der Waals surface area (Å²) in [5.41, 5.74) is 7.01. The van der Waals surface area contributed by atoms with Gasteiger partial charge in [-0.15, -0.1) is 29.9 Å². The number of aromatic nitrogens is 3. The lowest BCUT2D eigenvalue weighted by Gasteiger charge is -2.42. The molecule has 164 valence electrons. The van der Waals surface area contributed by atoms with E-state index in [1.807, 2.05) is 0 Å². The van der Waals surface area contributed by atoms with Crippen LogP contribution in [0.1, 0.15) is 24.8 Å². The topological polar surface area (TPSA) is 94.3 Å². The number of likely N-dealkylation sites (N-methyl/N-ethyl adjacent to an activating group) is 1. The van der Waals surface area contributed by atoms with Crippen LogP contribution in [0, 0.1) is 5.92 Å². The lowest BCUT2D eigenvalue weighted by atomic mass is 9.87. The molecule has 29 heavy (non-hydrogen) atoms. The molecule has 2 unspecified atom stereocenters. The van der Waals surface area contributed by atoms with Crippen molar-refractivity contribution in [1.82, 2.24) is 20.1 Å². The van der Waals surface area contributed by atoms with E-state index in [9.17, 15) is 5.11 Å². The van der Waals surface area contributed by atoms with Crippen LogP contribution in [0.25, 0.3) is 0 Å². The van der Waals surface area contributed by atoms with Crippen molar-refractivity contribution < 1.29 is 5.11 Å². The van der Waals surface area contributed by atoms with E-state index in [2.05, 4.69) is 72.2 Å². The number of nitrogens with two attached hydrogens (primary N) is 1. The molecule has 1 fully saturated rings. The highest BCUT2D eigenvalue weighted by Crippen LogP contribution is 2.28. The molecule has 4 N–H and O–H groups in total. The SMILES string of the molecule is CN(CCc1ccc(Br)cc1)C1CCN(c2nc(N)n[nH]2)CC1CCCO.Cl.Cl. The van der Waals surface area contributed by atoms with Crippen molar-refractivity contribution in [3.05, 3.63) is 34.3 Å². The molecule has 0 spiro atoms. The Morgan fingerprint density at radius 3 is 2.66 bits per heavy atom. The maximum Gasteiger partial charge on any atom is 0.241 e. The largest absolute Gasteiger partial charge is 0.396 e. The van der Waals surface area contributed by atoms with Crippen LogP contribution in [0.4, 0.5) is 11.9 Å². The van der Waals surface area contributed by atoms with Gasteiger partial charge in [-0.1, -0.05) is 28.1 Å². The molecule has 1 aliphatic rings. The molecule has 1 aliphatic heterocycles. The van der Waals surface area contributed by atoms with Crippen LogP contribution in [0.3, 0.4) is 0 Å². The Morgan fingerprint density at radius 2 is 2.03 bits per heavy atom. The fraction of sp³-hybridized carbons (Fsp3) is 0.579. The molecule has 3 rings (SSSR count). The first kappa shape index (κ1) is 26.0. The van der Waals surface area contributed by atoms with Crippen LogP contribution in [-0.2, 0) is 6.42 Å². The normalized spacial score (nSPS) is 19.0. The van der Waals surface area contributed by atoms with Crippen LogP contribution in [0.2, 0.25) is 0 Å². The number of aromatic amines is 1. The smallest absolute Gasteiger partial charge is 0.241 e. The van der Waals surface area contributed by atoms with Crippen molar-refractivity contribution in [2.45, 2.75) is 31.7 Å². The highest BCUT2D eigenvalue weighted by molar-refractivity contribution is 9.10. The van der Waals surface area contributed by atoms with Gasteiger partial charge in [0.25, 0.3) is 0 Å². The minimum Gasteiger partial charge on any atom is -0.396 e. The third kappa shape index (κ3) is 7.29. The van der Waals surface area contributed by atoms with E-state index < -0.39 is 0 Å². The first-order chi connectivity index (χ1) is 13.1. The van der Waals surface area contributed by atoms with E-state index in [0.29, 0.717) is 12.0 Å². The molecule has 10 heteroatoms. The van der Waals surface area contributed by atoms with Crippen molar-refractivity contribution >= 4 is 52.6 Å². The molecule has 0 amide bonds. The number of nitrogens with zero attached hydrogens (tertiary/aromatic N) is 4. The molecule has 0 saturated carbocycles. The Kier molecular flexibility index (Phi) is 11.3. The zero-order valence-electron chi connectivity index (χ0n) is 16.6. The second-order valence-corrected chi connectivity index (χ2v) is 8.22. The lowest BCUT2D eigenvalue weighted by Crippen LogP contribution is -2.50. The third-order valence-electron chi connectivity index (χ3n) is 5.45. The van der Waals surface area contributed by atoms with E-state index in [1.54, 1.807) is 0 Å². The molecule has 0 bridgehead atoms. The Labute approximate surface area is 193 Å². The highest BCUT2D eigenvalue weighted by atomic mass is 79.9. The first-order valence-corrected chi connectivity index (χ1v) is 10.3. The van der Waals surface area contributed by atoms with E-state index in [0.717, 1.165) is 55.7 Å². The fourth-order valence-corrected chi connectivity index (χ4v) is 4.22.